The number of likely N-dealkylation sites (N-methyl/N-ethyl adjacent to an activating group) is 1. The van der Waals surface area contributed by atoms with Crippen LogP contribution in [-0.2, 0) is 22.7 Å². The number of hydrogen-bond donors (Lipinski definition) is 2. The molecule has 118 valence electrons. The van der Waals surface area contributed by atoms with Gasteiger partial charge in [0.15, 0.2) is 0 Å². The maximum atomic E-state index is 12.0. The van der Waals surface area contributed by atoms with Gasteiger partial charge in [0.2, 0.25) is 11.8 Å². The number of nitrogens with one attached hydrogen (secondary N) is 2. The second-order valence-corrected chi connectivity index (χ2v) is 4.79. The highest BCUT2D eigenvalue weighted by Gasteiger charge is 2.14. The molecule has 0 radical (unpaired) electrons. The summed E-state index contributed by atoms with van der Waals surface area (Å²) in [6, 6.07) is 0. The van der Waals surface area contributed by atoms with E-state index in [1.807, 2.05) is 13.8 Å². The van der Waals surface area contributed by atoms with Crippen LogP contribution in [0.25, 0.3) is 0 Å². The number of amides is 2. The van der Waals surface area contributed by atoms with Crippen LogP contribution >= 0.6 is 0 Å². The lowest BCUT2D eigenvalue weighted by Crippen LogP contribution is -2.40. The Balaban J connectivity index is 2.41. The van der Waals surface area contributed by atoms with Gasteiger partial charge in [-0.15, -0.1) is 5.10 Å². The molecule has 21 heavy (non-hydrogen) atoms. The lowest BCUT2D eigenvalue weighted by molar-refractivity contribution is -0.135. The van der Waals surface area contributed by atoms with Crippen molar-refractivity contribution in [2.45, 2.75) is 33.4 Å². The lowest BCUT2D eigenvalue weighted by Gasteiger charge is -2.16. The number of aromatic nitrogens is 3. The molecule has 0 unspecified atom stereocenters. The van der Waals surface area contributed by atoms with Crippen LogP contribution in [0, 0.1) is 0 Å². The van der Waals surface area contributed by atoms with Gasteiger partial charge in [0.25, 0.3) is 0 Å². The SMILES string of the molecule is CCCNC(=O)CN(C)C(=O)Cn1cc(CNCC)nn1. The molecule has 0 atom stereocenters. The van der Waals surface area contributed by atoms with Crippen LogP contribution in [0.2, 0.25) is 0 Å². The molecule has 8 heteroatoms. The van der Waals surface area contributed by atoms with Crippen LogP contribution in [0.4, 0.5) is 0 Å². The minimum atomic E-state index is -0.179. The minimum Gasteiger partial charge on any atom is -0.355 e. The zero-order valence-electron chi connectivity index (χ0n) is 12.9. The van der Waals surface area contributed by atoms with Crippen LogP contribution in [0.15, 0.2) is 6.20 Å². The van der Waals surface area contributed by atoms with Crippen molar-refractivity contribution in [2.24, 2.45) is 0 Å². The average Bonchev–Trinajstić information content (AvgIpc) is 2.90. The van der Waals surface area contributed by atoms with Gasteiger partial charge in [-0.25, -0.2) is 4.68 Å². The molecule has 1 rings (SSSR count). The van der Waals surface area contributed by atoms with Crippen LogP contribution in [-0.4, -0.2) is 58.4 Å². The second kappa shape index (κ2) is 9.06. The van der Waals surface area contributed by atoms with Crippen molar-refractivity contribution in [1.82, 2.24) is 30.5 Å². The van der Waals surface area contributed by atoms with E-state index in [0.29, 0.717) is 13.1 Å². The predicted octanol–water partition coefficient (Wildman–Crippen LogP) is -0.628. The van der Waals surface area contributed by atoms with E-state index < -0.39 is 0 Å². The third-order valence-electron chi connectivity index (χ3n) is 2.82. The predicted molar refractivity (Wildman–Crippen MR) is 78.3 cm³/mol. The molecule has 0 fully saturated rings. The third-order valence-corrected chi connectivity index (χ3v) is 2.82. The normalized spacial score (nSPS) is 10.4. The van der Waals surface area contributed by atoms with Crippen LogP contribution in [0.5, 0.6) is 0 Å². The van der Waals surface area contributed by atoms with Crippen LogP contribution in [0.3, 0.4) is 0 Å². The van der Waals surface area contributed by atoms with E-state index in [2.05, 4.69) is 20.9 Å². The topological polar surface area (TPSA) is 92.2 Å². The Morgan fingerprint density at radius 1 is 1.38 bits per heavy atom. The second-order valence-electron chi connectivity index (χ2n) is 4.79. The molecule has 0 aliphatic heterocycles. The highest BCUT2D eigenvalue weighted by molar-refractivity contribution is 5.84. The van der Waals surface area contributed by atoms with E-state index in [9.17, 15) is 9.59 Å². The molecule has 0 bridgehead atoms. The first kappa shape index (κ1) is 17.1. The van der Waals surface area contributed by atoms with Gasteiger partial charge in [-0.2, -0.15) is 0 Å². The lowest BCUT2D eigenvalue weighted by atomic mass is 10.4. The van der Waals surface area contributed by atoms with Crippen LogP contribution in [0.1, 0.15) is 26.0 Å². The monoisotopic (exact) mass is 296 g/mol. The van der Waals surface area contributed by atoms with Gasteiger partial charge in [0.1, 0.15) is 6.54 Å². The highest BCUT2D eigenvalue weighted by Crippen LogP contribution is 1.95. The number of carbonyl (C=O) groups is 2. The van der Waals surface area contributed by atoms with E-state index >= 15 is 0 Å². The standard InChI is InChI=1S/C13H24N6O2/c1-4-6-15-12(20)9-18(3)13(21)10-19-8-11(16-17-19)7-14-5-2/h8,14H,4-7,9-10H2,1-3H3,(H,15,20). The van der Waals surface area contributed by atoms with Gasteiger partial charge in [0.05, 0.1) is 18.4 Å². The Morgan fingerprint density at radius 3 is 2.81 bits per heavy atom. The molecule has 1 heterocycles. The summed E-state index contributed by atoms with van der Waals surface area (Å²) >= 11 is 0. The largest absolute Gasteiger partial charge is 0.355 e. The van der Waals surface area contributed by atoms with Crippen molar-refractivity contribution in [3.05, 3.63) is 11.9 Å². The zero-order valence-corrected chi connectivity index (χ0v) is 12.9. The first-order valence-corrected chi connectivity index (χ1v) is 7.17. The zero-order chi connectivity index (χ0) is 15.7. The molecule has 0 aliphatic rings. The third kappa shape index (κ3) is 6.35. The molecular formula is C13H24N6O2. The van der Waals surface area contributed by atoms with E-state index in [1.54, 1.807) is 13.2 Å². The van der Waals surface area contributed by atoms with Crippen molar-refractivity contribution in [3.63, 3.8) is 0 Å². The van der Waals surface area contributed by atoms with Gasteiger partial charge in [-0.1, -0.05) is 19.1 Å². The Hall–Kier alpha value is -1.96. The average molecular weight is 296 g/mol. The Bertz CT molecular complexity index is 459. The van der Waals surface area contributed by atoms with E-state index in [1.165, 1.54) is 9.58 Å². The van der Waals surface area contributed by atoms with Crippen molar-refractivity contribution in [1.29, 1.82) is 0 Å². The van der Waals surface area contributed by atoms with Gasteiger partial charge >= 0.3 is 0 Å². The highest BCUT2D eigenvalue weighted by atomic mass is 16.2. The first-order valence-electron chi connectivity index (χ1n) is 7.17. The van der Waals surface area contributed by atoms with E-state index in [4.69, 9.17) is 0 Å². The molecule has 0 spiro atoms. The molecule has 2 N–H and O–H groups in total. The van der Waals surface area contributed by atoms with Crippen LogP contribution < -0.4 is 10.6 Å². The number of nitrogens with zero attached hydrogens (tertiary/aromatic N) is 4. The molecule has 1 aromatic rings. The number of rotatable bonds is 9. The van der Waals surface area contributed by atoms with Gasteiger partial charge in [-0.05, 0) is 13.0 Å². The number of hydrogen-bond acceptors (Lipinski definition) is 5. The number of carbonyl (C=O) groups excluding carboxylic acids is 2. The molecule has 0 saturated heterocycles. The Morgan fingerprint density at radius 2 is 2.14 bits per heavy atom. The van der Waals surface area contributed by atoms with Crippen molar-refractivity contribution < 1.29 is 9.59 Å². The Labute approximate surface area is 124 Å². The minimum absolute atomic E-state index is 0.0534. The summed E-state index contributed by atoms with van der Waals surface area (Å²) in [6.45, 7) is 6.21. The van der Waals surface area contributed by atoms with E-state index in [0.717, 1.165) is 18.7 Å². The fourth-order valence-corrected chi connectivity index (χ4v) is 1.63. The van der Waals surface area contributed by atoms with E-state index in [-0.39, 0.29) is 24.9 Å². The van der Waals surface area contributed by atoms with Crippen molar-refractivity contribution in [2.75, 3.05) is 26.7 Å². The summed E-state index contributed by atoms with van der Waals surface area (Å²) < 4.78 is 1.48. The summed E-state index contributed by atoms with van der Waals surface area (Å²) in [5.74, 6) is -0.333. The smallest absolute Gasteiger partial charge is 0.244 e. The summed E-state index contributed by atoms with van der Waals surface area (Å²) in [4.78, 5) is 24.9. The van der Waals surface area contributed by atoms with Gasteiger partial charge in [-0.3, -0.25) is 9.59 Å². The molecule has 0 saturated carbocycles. The Kier molecular flexibility index (Phi) is 7.38. The molecule has 8 nitrogen and oxygen atoms in total. The van der Waals surface area contributed by atoms with Gasteiger partial charge < -0.3 is 15.5 Å². The molecule has 1 aromatic heterocycles. The van der Waals surface area contributed by atoms with Gasteiger partial charge in [0, 0.05) is 20.1 Å². The molecule has 0 aromatic carbocycles. The maximum absolute atomic E-state index is 12.0. The fraction of sp³-hybridized carbons (Fsp3) is 0.692. The summed E-state index contributed by atoms with van der Waals surface area (Å²) in [7, 11) is 1.60. The maximum Gasteiger partial charge on any atom is 0.244 e. The fourth-order valence-electron chi connectivity index (χ4n) is 1.63. The van der Waals surface area contributed by atoms with Crippen molar-refractivity contribution in [3.8, 4) is 0 Å². The summed E-state index contributed by atoms with van der Waals surface area (Å²) in [5.41, 5.74) is 0.785. The summed E-state index contributed by atoms with van der Waals surface area (Å²) in [6.07, 6.45) is 2.60. The van der Waals surface area contributed by atoms with Crippen molar-refractivity contribution >= 4 is 11.8 Å². The molecular weight excluding hydrogens is 272 g/mol. The molecule has 2 amide bonds. The quantitative estimate of drug-likeness (QED) is 0.633. The summed E-state index contributed by atoms with van der Waals surface area (Å²) in [5, 5.41) is 13.7. The molecule has 0 aliphatic carbocycles. The first-order chi connectivity index (χ1) is 10.1.